The molecular formula is C22H20N4O. The van der Waals surface area contributed by atoms with Crippen LogP contribution >= 0.6 is 0 Å². The molecule has 3 aliphatic rings. The molecule has 1 spiro atoms. The van der Waals surface area contributed by atoms with Gasteiger partial charge in [0.1, 0.15) is 0 Å². The lowest BCUT2D eigenvalue weighted by atomic mass is 9.71. The highest BCUT2D eigenvalue weighted by Crippen LogP contribution is 2.43. The Kier molecular flexibility index (Phi) is 2.96. The molecule has 3 aromatic rings. The maximum Gasteiger partial charge on any atom is 0.253 e. The van der Waals surface area contributed by atoms with Crippen LogP contribution in [0.25, 0.3) is 22.5 Å². The van der Waals surface area contributed by atoms with Gasteiger partial charge in [-0.05, 0) is 61.4 Å². The minimum Gasteiger partial charge on any atom is -0.357 e. The lowest BCUT2D eigenvalue weighted by Gasteiger charge is -2.45. The second kappa shape index (κ2) is 5.28. The molecule has 1 aliphatic heterocycles. The normalized spacial score (nSPS) is 18.9. The first kappa shape index (κ1) is 15.1. The lowest BCUT2D eigenvalue weighted by Crippen LogP contribution is -2.57. The molecule has 2 aliphatic carbocycles. The zero-order chi connectivity index (χ0) is 18.0. The first-order chi connectivity index (χ1) is 13.2. The highest BCUT2D eigenvalue weighted by Gasteiger charge is 2.45. The predicted molar refractivity (Wildman–Crippen MR) is 102 cm³/mol. The number of nitrogens with zero attached hydrogens (tertiary/aromatic N) is 2. The number of aryl methyl sites for hydroxylation is 1. The fourth-order valence-electron chi connectivity index (χ4n) is 4.92. The first-order valence-electron chi connectivity index (χ1n) is 9.68. The molecule has 0 radical (unpaired) electrons. The maximum absolute atomic E-state index is 12.9. The molecule has 0 aromatic carbocycles. The number of rotatable bonds is 1. The van der Waals surface area contributed by atoms with Crippen LogP contribution in [0.15, 0.2) is 36.8 Å². The van der Waals surface area contributed by atoms with E-state index in [2.05, 4.69) is 26.3 Å². The van der Waals surface area contributed by atoms with Gasteiger partial charge in [0.25, 0.3) is 5.91 Å². The van der Waals surface area contributed by atoms with E-state index in [1.165, 1.54) is 23.1 Å². The minimum absolute atomic E-state index is 0.000523. The molecule has 5 nitrogen and oxygen atoms in total. The molecule has 0 bridgehead atoms. The fraction of sp³-hybridized carbons (Fsp3) is 0.318. The van der Waals surface area contributed by atoms with E-state index in [0.717, 1.165) is 60.3 Å². The molecule has 1 saturated carbocycles. The zero-order valence-corrected chi connectivity index (χ0v) is 15.0. The molecule has 2 N–H and O–H groups in total. The molecule has 6 rings (SSSR count). The number of fused-ring (bicyclic) bond motifs is 5. The van der Waals surface area contributed by atoms with Gasteiger partial charge in [-0.3, -0.25) is 14.8 Å². The van der Waals surface area contributed by atoms with E-state index in [4.69, 9.17) is 0 Å². The van der Waals surface area contributed by atoms with Gasteiger partial charge in [0.15, 0.2) is 0 Å². The standard InChI is InChI=1S/C22H20N4O/c27-21-19-15-5-4-13-12-24-17(14-3-1-8-23-11-14)9-16(13)20(15)25-18(19)10-22(26-21)6-2-7-22/h1,3,8-9,11-12,25H,2,4-7,10H2,(H,26,27). The van der Waals surface area contributed by atoms with Gasteiger partial charge < -0.3 is 10.3 Å². The van der Waals surface area contributed by atoms with Crippen LogP contribution in [0.3, 0.4) is 0 Å². The highest BCUT2D eigenvalue weighted by atomic mass is 16.2. The quantitative estimate of drug-likeness (QED) is 0.702. The molecule has 0 saturated heterocycles. The van der Waals surface area contributed by atoms with Crippen molar-refractivity contribution in [3.05, 3.63) is 59.2 Å². The van der Waals surface area contributed by atoms with Crippen LogP contribution in [0.4, 0.5) is 0 Å². The summed E-state index contributed by atoms with van der Waals surface area (Å²) in [6.07, 6.45) is 11.7. The molecule has 1 amide bonds. The molecular weight excluding hydrogens is 336 g/mol. The summed E-state index contributed by atoms with van der Waals surface area (Å²) in [6, 6.07) is 6.10. The summed E-state index contributed by atoms with van der Waals surface area (Å²) in [5.41, 5.74) is 8.65. The first-order valence-corrected chi connectivity index (χ1v) is 9.68. The number of H-pyrrole nitrogens is 1. The number of hydrogen-bond acceptors (Lipinski definition) is 3. The van der Waals surface area contributed by atoms with Crippen molar-refractivity contribution in [3.63, 3.8) is 0 Å². The van der Waals surface area contributed by atoms with E-state index in [9.17, 15) is 4.79 Å². The van der Waals surface area contributed by atoms with Gasteiger partial charge in [-0.2, -0.15) is 0 Å². The third-order valence-corrected chi connectivity index (χ3v) is 6.47. The van der Waals surface area contributed by atoms with Crippen molar-refractivity contribution < 1.29 is 4.79 Å². The summed E-state index contributed by atoms with van der Waals surface area (Å²) in [4.78, 5) is 25.4. The number of carbonyl (C=O) groups is 1. The Bertz CT molecular complexity index is 1080. The van der Waals surface area contributed by atoms with E-state index < -0.39 is 0 Å². The highest BCUT2D eigenvalue weighted by molar-refractivity contribution is 6.01. The summed E-state index contributed by atoms with van der Waals surface area (Å²) in [5.74, 6) is 0.110. The van der Waals surface area contributed by atoms with Gasteiger partial charge in [-0.25, -0.2) is 0 Å². The molecule has 3 aromatic heterocycles. The number of carbonyl (C=O) groups excluding carboxylic acids is 1. The Morgan fingerprint density at radius 2 is 2.07 bits per heavy atom. The zero-order valence-electron chi connectivity index (χ0n) is 15.0. The molecule has 5 heteroatoms. The third-order valence-electron chi connectivity index (χ3n) is 6.47. The Hall–Kier alpha value is -2.95. The number of aromatic nitrogens is 3. The van der Waals surface area contributed by atoms with Crippen molar-refractivity contribution in [1.82, 2.24) is 20.3 Å². The predicted octanol–water partition coefficient (Wildman–Crippen LogP) is 3.45. The lowest BCUT2D eigenvalue weighted by molar-refractivity contribution is 0.0793. The van der Waals surface area contributed by atoms with E-state index in [1.54, 1.807) is 6.20 Å². The molecule has 0 atom stereocenters. The summed E-state index contributed by atoms with van der Waals surface area (Å²) < 4.78 is 0. The second-order valence-electron chi connectivity index (χ2n) is 8.07. The van der Waals surface area contributed by atoms with E-state index in [1.807, 2.05) is 24.5 Å². The van der Waals surface area contributed by atoms with Gasteiger partial charge >= 0.3 is 0 Å². The number of nitrogens with one attached hydrogen (secondary N) is 2. The number of amides is 1. The molecule has 0 unspecified atom stereocenters. The molecule has 134 valence electrons. The summed E-state index contributed by atoms with van der Waals surface area (Å²) in [5, 5.41) is 3.30. The van der Waals surface area contributed by atoms with Crippen molar-refractivity contribution in [2.75, 3.05) is 0 Å². The minimum atomic E-state index is -0.000523. The smallest absolute Gasteiger partial charge is 0.253 e. The number of pyridine rings is 2. The molecule has 27 heavy (non-hydrogen) atoms. The van der Waals surface area contributed by atoms with Crippen LogP contribution in [0.1, 0.15) is 46.4 Å². The van der Waals surface area contributed by atoms with Gasteiger partial charge in [0.2, 0.25) is 0 Å². The van der Waals surface area contributed by atoms with E-state index in [0.29, 0.717) is 0 Å². The molecule has 1 fully saturated rings. The Labute approximate surface area is 157 Å². The summed E-state index contributed by atoms with van der Waals surface area (Å²) in [6.45, 7) is 0. The van der Waals surface area contributed by atoms with Crippen LogP contribution < -0.4 is 5.32 Å². The monoisotopic (exact) mass is 356 g/mol. The van der Waals surface area contributed by atoms with Crippen molar-refractivity contribution in [2.45, 2.75) is 44.1 Å². The van der Waals surface area contributed by atoms with E-state index in [-0.39, 0.29) is 11.4 Å². The van der Waals surface area contributed by atoms with Crippen LogP contribution in [0, 0.1) is 0 Å². The van der Waals surface area contributed by atoms with Gasteiger partial charge in [-0.15, -0.1) is 0 Å². The average molecular weight is 356 g/mol. The van der Waals surface area contributed by atoms with Crippen LogP contribution in [-0.2, 0) is 19.3 Å². The SMILES string of the molecule is O=C1NC2(CCC2)Cc2[nH]c3c(c21)CCc1cnc(-c2cccnc2)cc1-3. The summed E-state index contributed by atoms with van der Waals surface area (Å²) in [7, 11) is 0. The van der Waals surface area contributed by atoms with Crippen molar-refractivity contribution >= 4 is 5.91 Å². The topological polar surface area (TPSA) is 70.7 Å². The molecule has 4 heterocycles. The number of aromatic amines is 1. The average Bonchev–Trinajstić information content (AvgIpc) is 3.06. The summed E-state index contributed by atoms with van der Waals surface area (Å²) >= 11 is 0. The van der Waals surface area contributed by atoms with Crippen molar-refractivity contribution in [3.8, 4) is 22.5 Å². The fourth-order valence-corrected chi connectivity index (χ4v) is 4.92. The Morgan fingerprint density at radius 1 is 1.15 bits per heavy atom. The Morgan fingerprint density at radius 3 is 2.85 bits per heavy atom. The largest absolute Gasteiger partial charge is 0.357 e. The second-order valence-corrected chi connectivity index (χ2v) is 8.07. The van der Waals surface area contributed by atoms with Crippen LogP contribution in [-0.4, -0.2) is 26.4 Å². The Balaban J connectivity index is 1.49. The maximum atomic E-state index is 12.9. The van der Waals surface area contributed by atoms with Gasteiger partial charge in [-0.1, -0.05) is 0 Å². The van der Waals surface area contributed by atoms with Gasteiger partial charge in [0, 0.05) is 47.4 Å². The van der Waals surface area contributed by atoms with Crippen LogP contribution in [0.5, 0.6) is 0 Å². The van der Waals surface area contributed by atoms with E-state index >= 15 is 0 Å². The number of hydrogen-bond donors (Lipinski definition) is 2. The van der Waals surface area contributed by atoms with Crippen LogP contribution in [0.2, 0.25) is 0 Å². The van der Waals surface area contributed by atoms with Crippen molar-refractivity contribution in [2.24, 2.45) is 0 Å². The third kappa shape index (κ3) is 2.14. The van der Waals surface area contributed by atoms with Crippen molar-refractivity contribution in [1.29, 1.82) is 0 Å². The van der Waals surface area contributed by atoms with Gasteiger partial charge in [0.05, 0.1) is 17.0 Å².